The van der Waals surface area contributed by atoms with Crippen molar-refractivity contribution >= 4 is 19.9 Å². The number of hydrogen-bond donors (Lipinski definition) is 2. The maximum Gasteiger partial charge on any atom is 0.243 e. The zero-order valence-electron chi connectivity index (χ0n) is 10.9. The molecule has 1 aromatic carbocycles. The van der Waals surface area contributed by atoms with E-state index in [9.17, 15) is 21.2 Å². The second-order valence-electron chi connectivity index (χ2n) is 4.27. The third-order valence-electron chi connectivity index (χ3n) is 2.63. The fourth-order valence-electron chi connectivity index (χ4n) is 1.55. The molecule has 0 fully saturated rings. The number of sulfonamides is 1. The number of nitrogens with one attached hydrogen (secondary N) is 2. The van der Waals surface area contributed by atoms with Gasteiger partial charge in [0, 0.05) is 12.5 Å². The van der Waals surface area contributed by atoms with Gasteiger partial charge in [0.25, 0.3) is 0 Å². The summed E-state index contributed by atoms with van der Waals surface area (Å²) < 4.78 is 62.8. The van der Waals surface area contributed by atoms with E-state index in [1.807, 2.05) is 0 Å². The second-order valence-corrected chi connectivity index (χ2v) is 8.02. The molecule has 0 unspecified atom stereocenters. The number of hydrogen-bond acceptors (Lipinski definition) is 5. The van der Waals surface area contributed by atoms with Gasteiger partial charge in [-0.05, 0) is 24.3 Å². The number of halogens is 1. The minimum atomic E-state index is -4.19. The van der Waals surface area contributed by atoms with Gasteiger partial charge in [-0.25, -0.2) is 25.9 Å². The molecule has 0 aliphatic carbocycles. The van der Waals surface area contributed by atoms with Crippen LogP contribution in [0.4, 0.5) is 4.39 Å². The van der Waals surface area contributed by atoms with Gasteiger partial charge in [-0.1, -0.05) is 0 Å². The topological polar surface area (TPSA) is 109 Å². The number of nitrogens with zero attached hydrogens (tertiary/aromatic N) is 1. The van der Waals surface area contributed by atoms with Crippen molar-refractivity contribution < 1.29 is 21.2 Å². The molecule has 1 heterocycles. The Bertz CT molecular complexity index is 846. The minimum absolute atomic E-state index is 0.120. The molecular formula is C11H12FN3O4S2. The van der Waals surface area contributed by atoms with Crippen LogP contribution < -0.4 is 4.72 Å². The van der Waals surface area contributed by atoms with Crippen molar-refractivity contribution in [3.8, 4) is 0 Å². The van der Waals surface area contributed by atoms with Gasteiger partial charge in [-0.3, -0.25) is 5.10 Å². The van der Waals surface area contributed by atoms with Crippen molar-refractivity contribution in [2.75, 3.05) is 6.26 Å². The molecule has 0 bridgehead atoms. The first-order valence-electron chi connectivity index (χ1n) is 5.68. The highest BCUT2D eigenvalue weighted by molar-refractivity contribution is 7.91. The summed E-state index contributed by atoms with van der Waals surface area (Å²) in [6.07, 6.45) is 2.35. The Morgan fingerprint density at radius 2 is 1.95 bits per heavy atom. The van der Waals surface area contributed by atoms with Gasteiger partial charge in [-0.15, -0.1) is 0 Å². The number of benzene rings is 1. The van der Waals surface area contributed by atoms with Crippen LogP contribution in [-0.4, -0.2) is 33.3 Å². The van der Waals surface area contributed by atoms with Gasteiger partial charge in [0.2, 0.25) is 10.0 Å². The summed E-state index contributed by atoms with van der Waals surface area (Å²) in [6, 6.07) is 4.16. The van der Waals surface area contributed by atoms with Gasteiger partial charge in [0.15, 0.2) is 9.84 Å². The molecule has 0 saturated heterocycles. The fraction of sp³-hybridized carbons (Fsp3) is 0.182. The van der Waals surface area contributed by atoms with Crippen LogP contribution >= 0.6 is 0 Å². The molecule has 0 saturated carbocycles. The van der Waals surface area contributed by atoms with E-state index in [4.69, 9.17) is 0 Å². The van der Waals surface area contributed by atoms with Crippen molar-refractivity contribution in [3.63, 3.8) is 0 Å². The molecule has 2 N–H and O–H groups in total. The van der Waals surface area contributed by atoms with Gasteiger partial charge >= 0.3 is 0 Å². The smallest absolute Gasteiger partial charge is 0.243 e. The lowest BCUT2D eigenvalue weighted by Gasteiger charge is -2.08. The van der Waals surface area contributed by atoms with Crippen LogP contribution in [0.2, 0.25) is 0 Å². The van der Waals surface area contributed by atoms with E-state index < -0.39 is 30.6 Å². The zero-order valence-corrected chi connectivity index (χ0v) is 12.5. The fourth-order valence-corrected chi connectivity index (χ4v) is 3.38. The Kier molecular flexibility index (Phi) is 4.12. The third-order valence-corrected chi connectivity index (χ3v) is 5.16. The summed E-state index contributed by atoms with van der Waals surface area (Å²) in [5, 5.41) is 6.19. The van der Waals surface area contributed by atoms with E-state index in [1.165, 1.54) is 6.20 Å². The summed E-state index contributed by atoms with van der Waals surface area (Å²) in [4.78, 5) is -0.990. The standard InChI is InChI=1S/C11H12FN3O4S2/c1-20(16,17)9-2-3-10(12)11(6-9)21(18,19)14-7-8-4-5-13-15-8/h2-6,14H,7H2,1H3,(H,13,15). The van der Waals surface area contributed by atoms with E-state index in [0.29, 0.717) is 5.69 Å². The van der Waals surface area contributed by atoms with Crippen molar-refractivity contribution in [2.45, 2.75) is 16.3 Å². The third kappa shape index (κ3) is 3.65. The van der Waals surface area contributed by atoms with Crippen LogP contribution in [0.15, 0.2) is 40.3 Å². The highest BCUT2D eigenvalue weighted by atomic mass is 32.2. The Hall–Kier alpha value is -1.78. The van der Waals surface area contributed by atoms with Crippen molar-refractivity contribution in [1.82, 2.24) is 14.9 Å². The molecule has 114 valence electrons. The molecule has 2 aromatic rings. The molecular weight excluding hydrogens is 321 g/mol. The van der Waals surface area contributed by atoms with Crippen LogP contribution in [0.1, 0.15) is 5.69 Å². The second kappa shape index (κ2) is 5.54. The largest absolute Gasteiger partial charge is 0.281 e. The summed E-state index contributed by atoms with van der Waals surface area (Å²) in [5.41, 5.74) is 0.484. The predicted molar refractivity (Wildman–Crippen MR) is 72.1 cm³/mol. The number of sulfone groups is 1. The maximum absolute atomic E-state index is 13.7. The SMILES string of the molecule is CS(=O)(=O)c1ccc(F)c(S(=O)(=O)NCc2ccn[nH]2)c1. The minimum Gasteiger partial charge on any atom is -0.281 e. The lowest BCUT2D eigenvalue weighted by atomic mass is 10.3. The Morgan fingerprint density at radius 3 is 2.52 bits per heavy atom. The Labute approximate surface area is 121 Å². The molecule has 2 rings (SSSR count). The van der Waals surface area contributed by atoms with E-state index in [0.717, 1.165) is 24.5 Å². The van der Waals surface area contributed by atoms with Gasteiger partial charge in [0.05, 0.1) is 17.1 Å². The monoisotopic (exact) mass is 333 g/mol. The predicted octanol–water partition coefficient (Wildman–Crippen LogP) is 0.431. The van der Waals surface area contributed by atoms with Gasteiger partial charge in [0.1, 0.15) is 10.7 Å². The van der Waals surface area contributed by atoms with Crippen LogP contribution in [-0.2, 0) is 26.4 Å². The molecule has 0 aliphatic rings. The Balaban J connectivity index is 2.35. The summed E-state index contributed by atoms with van der Waals surface area (Å²) in [7, 11) is -7.82. The van der Waals surface area contributed by atoms with E-state index in [2.05, 4.69) is 14.9 Å². The maximum atomic E-state index is 13.7. The average Bonchev–Trinajstić information content (AvgIpc) is 2.88. The van der Waals surface area contributed by atoms with E-state index in [-0.39, 0.29) is 11.4 Å². The van der Waals surface area contributed by atoms with E-state index in [1.54, 1.807) is 6.07 Å². The molecule has 7 nitrogen and oxygen atoms in total. The first kappa shape index (κ1) is 15.6. The van der Waals surface area contributed by atoms with Gasteiger partial charge in [-0.2, -0.15) is 5.10 Å². The molecule has 0 atom stereocenters. The van der Waals surface area contributed by atoms with Crippen LogP contribution in [0.5, 0.6) is 0 Å². The first-order valence-corrected chi connectivity index (χ1v) is 9.05. The number of aromatic amines is 1. The molecule has 21 heavy (non-hydrogen) atoms. The van der Waals surface area contributed by atoms with Gasteiger partial charge < -0.3 is 0 Å². The van der Waals surface area contributed by atoms with Crippen molar-refractivity contribution in [1.29, 1.82) is 0 Å². The number of aromatic nitrogens is 2. The molecule has 0 amide bonds. The van der Waals surface area contributed by atoms with Crippen LogP contribution in [0.25, 0.3) is 0 Å². The molecule has 1 aromatic heterocycles. The van der Waals surface area contributed by atoms with Crippen LogP contribution in [0, 0.1) is 5.82 Å². The lowest BCUT2D eigenvalue weighted by molar-refractivity contribution is 0.554. The van der Waals surface area contributed by atoms with Crippen molar-refractivity contribution in [2.24, 2.45) is 0 Å². The van der Waals surface area contributed by atoms with E-state index >= 15 is 0 Å². The molecule has 10 heteroatoms. The highest BCUT2D eigenvalue weighted by Gasteiger charge is 2.21. The highest BCUT2D eigenvalue weighted by Crippen LogP contribution is 2.19. The summed E-state index contributed by atoms with van der Waals surface area (Å²) in [6.45, 7) is -0.120. The molecule has 0 aliphatic heterocycles. The van der Waals surface area contributed by atoms with Crippen LogP contribution in [0.3, 0.4) is 0 Å². The lowest BCUT2D eigenvalue weighted by Crippen LogP contribution is -2.24. The quantitative estimate of drug-likeness (QED) is 0.771. The summed E-state index contributed by atoms with van der Waals surface area (Å²) in [5.74, 6) is -1.03. The zero-order chi connectivity index (χ0) is 15.7. The summed E-state index contributed by atoms with van der Waals surface area (Å²) >= 11 is 0. The normalized spacial score (nSPS) is 12.5. The van der Waals surface area contributed by atoms with Crippen molar-refractivity contribution in [3.05, 3.63) is 42.0 Å². The molecule has 0 radical (unpaired) electrons. The molecule has 0 spiro atoms. The number of H-pyrrole nitrogens is 1. The number of rotatable bonds is 5. The average molecular weight is 333 g/mol. The Morgan fingerprint density at radius 1 is 1.24 bits per heavy atom. The first-order chi connectivity index (χ1) is 9.70.